The molecule has 1 atom stereocenters. The van der Waals surface area contributed by atoms with Gasteiger partial charge in [-0.3, -0.25) is 4.90 Å². The molecule has 16 heavy (non-hydrogen) atoms. The van der Waals surface area contributed by atoms with Gasteiger partial charge in [-0.05, 0) is 44.9 Å². The molecule has 1 unspecified atom stereocenters. The standard InChI is InChI=1S/C13H21N3/c1-10(11-7-8-11)16(3)9-12-5-4-6-13(14-2)15-12/h4-6,10-11H,7-9H2,1-3H3,(H,14,15). The van der Waals surface area contributed by atoms with Crippen molar-refractivity contribution in [2.75, 3.05) is 19.4 Å². The molecule has 1 aliphatic rings. The summed E-state index contributed by atoms with van der Waals surface area (Å²) in [6.45, 7) is 3.26. The fourth-order valence-corrected chi connectivity index (χ4v) is 2.04. The van der Waals surface area contributed by atoms with Gasteiger partial charge in [-0.15, -0.1) is 0 Å². The summed E-state index contributed by atoms with van der Waals surface area (Å²) in [7, 11) is 4.10. The zero-order valence-electron chi connectivity index (χ0n) is 10.4. The van der Waals surface area contributed by atoms with Gasteiger partial charge in [0.25, 0.3) is 0 Å². The van der Waals surface area contributed by atoms with Gasteiger partial charge in [0.2, 0.25) is 0 Å². The molecule has 1 aromatic rings. The van der Waals surface area contributed by atoms with Crippen LogP contribution < -0.4 is 5.32 Å². The largest absolute Gasteiger partial charge is 0.373 e. The molecule has 1 fully saturated rings. The van der Waals surface area contributed by atoms with E-state index in [0.29, 0.717) is 6.04 Å². The summed E-state index contributed by atoms with van der Waals surface area (Å²) in [5.74, 6) is 1.86. The zero-order valence-corrected chi connectivity index (χ0v) is 10.4. The molecule has 1 saturated carbocycles. The second kappa shape index (κ2) is 4.83. The quantitative estimate of drug-likeness (QED) is 0.824. The van der Waals surface area contributed by atoms with E-state index < -0.39 is 0 Å². The smallest absolute Gasteiger partial charge is 0.126 e. The maximum atomic E-state index is 4.54. The van der Waals surface area contributed by atoms with Crippen molar-refractivity contribution in [3.63, 3.8) is 0 Å². The first-order valence-corrected chi connectivity index (χ1v) is 6.04. The number of nitrogens with zero attached hydrogens (tertiary/aromatic N) is 2. The minimum absolute atomic E-state index is 0.681. The summed E-state index contributed by atoms with van der Waals surface area (Å²) in [6, 6.07) is 6.83. The predicted octanol–water partition coefficient (Wildman–Crippen LogP) is 2.35. The van der Waals surface area contributed by atoms with Crippen molar-refractivity contribution in [3.05, 3.63) is 23.9 Å². The number of nitrogens with one attached hydrogen (secondary N) is 1. The Hall–Kier alpha value is -1.09. The van der Waals surface area contributed by atoms with Crippen molar-refractivity contribution >= 4 is 5.82 Å². The molecule has 2 rings (SSSR count). The van der Waals surface area contributed by atoms with E-state index in [1.54, 1.807) is 0 Å². The molecule has 0 aliphatic heterocycles. The SMILES string of the molecule is CNc1cccc(CN(C)C(C)C2CC2)n1. The average molecular weight is 219 g/mol. The van der Waals surface area contributed by atoms with Gasteiger partial charge in [0.15, 0.2) is 0 Å². The maximum Gasteiger partial charge on any atom is 0.126 e. The van der Waals surface area contributed by atoms with Crippen LogP contribution in [0.2, 0.25) is 0 Å². The van der Waals surface area contributed by atoms with E-state index in [0.717, 1.165) is 24.0 Å². The number of aromatic nitrogens is 1. The van der Waals surface area contributed by atoms with Crippen LogP contribution in [0.1, 0.15) is 25.5 Å². The van der Waals surface area contributed by atoms with E-state index >= 15 is 0 Å². The highest BCUT2D eigenvalue weighted by atomic mass is 15.1. The summed E-state index contributed by atoms with van der Waals surface area (Å²) in [6.07, 6.45) is 2.80. The topological polar surface area (TPSA) is 28.2 Å². The predicted molar refractivity (Wildman–Crippen MR) is 67.4 cm³/mol. The Morgan fingerprint density at radius 1 is 1.50 bits per heavy atom. The van der Waals surface area contributed by atoms with Crippen molar-refractivity contribution in [3.8, 4) is 0 Å². The van der Waals surface area contributed by atoms with Crippen LogP contribution >= 0.6 is 0 Å². The third kappa shape index (κ3) is 2.73. The van der Waals surface area contributed by atoms with E-state index in [2.05, 4.69) is 41.3 Å². The van der Waals surface area contributed by atoms with Gasteiger partial charge in [-0.1, -0.05) is 6.07 Å². The molecule has 0 aromatic carbocycles. The van der Waals surface area contributed by atoms with Gasteiger partial charge in [0.05, 0.1) is 5.69 Å². The second-order valence-electron chi connectivity index (χ2n) is 4.76. The van der Waals surface area contributed by atoms with Gasteiger partial charge < -0.3 is 5.32 Å². The summed E-state index contributed by atoms with van der Waals surface area (Å²) < 4.78 is 0. The Bertz CT molecular complexity index is 347. The van der Waals surface area contributed by atoms with Crippen molar-refractivity contribution in [1.82, 2.24) is 9.88 Å². The van der Waals surface area contributed by atoms with Gasteiger partial charge in [-0.2, -0.15) is 0 Å². The van der Waals surface area contributed by atoms with E-state index in [-0.39, 0.29) is 0 Å². The van der Waals surface area contributed by atoms with Crippen LogP contribution in [-0.4, -0.2) is 30.0 Å². The maximum absolute atomic E-state index is 4.54. The number of hydrogen-bond acceptors (Lipinski definition) is 3. The van der Waals surface area contributed by atoms with Crippen LogP contribution in [-0.2, 0) is 6.54 Å². The van der Waals surface area contributed by atoms with Gasteiger partial charge >= 0.3 is 0 Å². The highest BCUT2D eigenvalue weighted by Gasteiger charge is 2.30. The van der Waals surface area contributed by atoms with Gasteiger partial charge in [-0.25, -0.2) is 4.98 Å². The van der Waals surface area contributed by atoms with Crippen LogP contribution in [0.15, 0.2) is 18.2 Å². The summed E-state index contributed by atoms with van der Waals surface area (Å²) in [5.41, 5.74) is 1.14. The minimum atomic E-state index is 0.681. The zero-order chi connectivity index (χ0) is 11.5. The van der Waals surface area contributed by atoms with Crippen LogP contribution in [0.25, 0.3) is 0 Å². The molecule has 1 aromatic heterocycles. The minimum Gasteiger partial charge on any atom is -0.373 e. The number of anilines is 1. The Labute approximate surface area is 97.9 Å². The molecule has 0 saturated heterocycles. The first kappa shape index (κ1) is 11.4. The first-order chi connectivity index (χ1) is 7.70. The van der Waals surface area contributed by atoms with E-state index in [1.165, 1.54) is 12.8 Å². The molecule has 1 heterocycles. The van der Waals surface area contributed by atoms with E-state index in [1.807, 2.05) is 13.1 Å². The van der Waals surface area contributed by atoms with Crippen LogP contribution in [0.4, 0.5) is 5.82 Å². The molecular formula is C13H21N3. The Morgan fingerprint density at radius 3 is 2.88 bits per heavy atom. The molecule has 0 amide bonds. The molecule has 0 radical (unpaired) electrons. The average Bonchev–Trinajstić information content (AvgIpc) is 3.12. The molecule has 3 heteroatoms. The number of hydrogen-bond donors (Lipinski definition) is 1. The third-order valence-corrected chi connectivity index (χ3v) is 3.47. The van der Waals surface area contributed by atoms with Gasteiger partial charge in [0.1, 0.15) is 5.82 Å². The number of rotatable bonds is 5. The van der Waals surface area contributed by atoms with Crippen molar-refractivity contribution < 1.29 is 0 Å². The van der Waals surface area contributed by atoms with Crippen LogP contribution in [0.3, 0.4) is 0 Å². The van der Waals surface area contributed by atoms with Crippen molar-refractivity contribution in [2.24, 2.45) is 5.92 Å². The lowest BCUT2D eigenvalue weighted by atomic mass is 10.2. The Morgan fingerprint density at radius 2 is 2.25 bits per heavy atom. The summed E-state index contributed by atoms with van der Waals surface area (Å²) in [5, 5.41) is 3.08. The summed E-state index contributed by atoms with van der Waals surface area (Å²) >= 11 is 0. The van der Waals surface area contributed by atoms with E-state index in [4.69, 9.17) is 0 Å². The highest BCUT2D eigenvalue weighted by Crippen LogP contribution is 2.34. The lowest BCUT2D eigenvalue weighted by molar-refractivity contribution is 0.224. The molecule has 3 nitrogen and oxygen atoms in total. The highest BCUT2D eigenvalue weighted by molar-refractivity contribution is 5.34. The lowest BCUT2D eigenvalue weighted by Gasteiger charge is -2.24. The third-order valence-electron chi connectivity index (χ3n) is 3.47. The van der Waals surface area contributed by atoms with Crippen molar-refractivity contribution in [1.29, 1.82) is 0 Å². The van der Waals surface area contributed by atoms with Crippen LogP contribution in [0, 0.1) is 5.92 Å². The molecule has 1 N–H and O–H groups in total. The molecule has 0 bridgehead atoms. The van der Waals surface area contributed by atoms with Crippen molar-refractivity contribution in [2.45, 2.75) is 32.4 Å². The normalized spacial score (nSPS) is 17.5. The van der Waals surface area contributed by atoms with E-state index in [9.17, 15) is 0 Å². The number of pyridine rings is 1. The molecule has 0 spiro atoms. The molecular weight excluding hydrogens is 198 g/mol. The second-order valence-corrected chi connectivity index (χ2v) is 4.76. The lowest BCUT2D eigenvalue weighted by Crippen LogP contribution is -2.30. The van der Waals surface area contributed by atoms with Gasteiger partial charge in [0, 0.05) is 19.6 Å². The molecule has 1 aliphatic carbocycles. The fraction of sp³-hybridized carbons (Fsp3) is 0.615. The fourth-order valence-electron chi connectivity index (χ4n) is 2.04. The Balaban J connectivity index is 1.96. The van der Waals surface area contributed by atoms with Crippen LogP contribution in [0.5, 0.6) is 0 Å². The molecule has 88 valence electrons. The Kier molecular flexibility index (Phi) is 3.44. The summed E-state index contributed by atoms with van der Waals surface area (Å²) in [4.78, 5) is 6.94. The first-order valence-electron chi connectivity index (χ1n) is 6.04. The monoisotopic (exact) mass is 219 g/mol.